The van der Waals surface area contributed by atoms with Gasteiger partial charge in [-0.15, -0.1) is 0 Å². The number of benzene rings is 1. The van der Waals surface area contributed by atoms with Crippen LogP contribution in [0.25, 0.3) is 0 Å². The molecule has 0 aliphatic heterocycles. The first-order chi connectivity index (χ1) is 14.7. The van der Waals surface area contributed by atoms with Crippen LogP contribution in [-0.2, 0) is 16.1 Å². The Bertz CT molecular complexity index is 623. The number of halogens is 3. The molecule has 1 rings (SSSR count). The predicted octanol–water partition coefficient (Wildman–Crippen LogP) is 5.40. The van der Waals surface area contributed by atoms with Crippen LogP contribution in [-0.4, -0.2) is 41.5 Å². The molecule has 0 heterocycles. The van der Waals surface area contributed by atoms with Gasteiger partial charge in [0.2, 0.25) is 0 Å². The van der Waals surface area contributed by atoms with E-state index in [-0.39, 0.29) is 6.42 Å². The first-order valence-corrected chi connectivity index (χ1v) is 10.6. The zero-order chi connectivity index (χ0) is 23.5. The number of hydrogen-bond donors (Lipinski definition) is 3. The zero-order valence-corrected chi connectivity index (χ0v) is 18.0. The molecular formula is C22H34F3NO5. The van der Waals surface area contributed by atoms with Crippen LogP contribution in [0.2, 0.25) is 0 Å². The van der Waals surface area contributed by atoms with Crippen LogP contribution < -0.4 is 10.1 Å². The number of rotatable bonds is 15. The SMILES string of the molecule is CCCCCCCCCCOc1cccc(CNCCC(=O)O)c1.O=C(O)C(F)(F)F. The molecule has 6 nitrogen and oxygen atoms in total. The van der Waals surface area contributed by atoms with Gasteiger partial charge in [0.1, 0.15) is 5.75 Å². The van der Waals surface area contributed by atoms with Crippen molar-refractivity contribution >= 4 is 11.9 Å². The number of hydrogen-bond acceptors (Lipinski definition) is 4. The van der Waals surface area contributed by atoms with Crippen molar-refractivity contribution in [1.29, 1.82) is 0 Å². The molecule has 0 spiro atoms. The van der Waals surface area contributed by atoms with E-state index in [9.17, 15) is 18.0 Å². The monoisotopic (exact) mass is 449 g/mol. The maximum absolute atomic E-state index is 10.6. The Hall–Kier alpha value is -2.29. The summed E-state index contributed by atoms with van der Waals surface area (Å²) < 4.78 is 37.6. The maximum Gasteiger partial charge on any atom is 0.490 e. The van der Waals surface area contributed by atoms with E-state index in [1.165, 1.54) is 44.9 Å². The van der Waals surface area contributed by atoms with Gasteiger partial charge in [0.25, 0.3) is 0 Å². The number of alkyl halides is 3. The average molecular weight is 450 g/mol. The summed E-state index contributed by atoms with van der Waals surface area (Å²) in [6, 6.07) is 8.01. The highest BCUT2D eigenvalue weighted by Crippen LogP contribution is 2.15. The number of aliphatic carboxylic acids is 2. The number of carboxylic acid groups (broad SMARTS) is 2. The summed E-state index contributed by atoms with van der Waals surface area (Å²) >= 11 is 0. The highest BCUT2D eigenvalue weighted by Gasteiger charge is 2.38. The summed E-state index contributed by atoms with van der Waals surface area (Å²) in [6.07, 6.45) is 5.47. The lowest BCUT2D eigenvalue weighted by molar-refractivity contribution is -0.192. The second-order valence-corrected chi connectivity index (χ2v) is 7.09. The first-order valence-electron chi connectivity index (χ1n) is 10.6. The quantitative estimate of drug-likeness (QED) is 0.310. The van der Waals surface area contributed by atoms with Crippen molar-refractivity contribution in [1.82, 2.24) is 5.32 Å². The lowest BCUT2D eigenvalue weighted by Crippen LogP contribution is -2.21. The summed E-state index contributed by atoms with van der Waals surface area (Å²) in [7, 11) is 0. The van der Waals surface area contributed by atoms with E-state index in [1.807, 2.05) is 24.3 Å². The Balaban J connectivity index is 0.00000110. The van der Waals surface area contributed by atoms with E-state index in [0.29, 0.717) is 13.1 Å². The summed E-state index contributed by atoms with van der Waals surface area (Å²) in [4.78, 5) is 19.4. The minimum Gasteiger partial charge on any atom is -0.494 e. The van der Waals surface area contributed by atoms with Gasteiger partial charge in [0, 0.05) is 13.1 Å². The van der Waals surface area contributed by atoms with E-state index < -0.39 is 18.1 Å². The van der Waals surface area contributed by atoms with Gasteiger partial charge >= 0.3 is 18.1 Å². The number of nitrogens with one attached hydrogen (secondary N) is 1. The van der Waals surface area contributed by atoms with Gasteiger partial charge in [-0.1, -0.05) is 64.0 Å². The van der Waals surface area contributed by atoms with Crippen molar-refractivity contribution in [3.05, 3.63) is 29.8 Å². The zero-order valence-electron chi connectivity index (χ0n) is 18.0. The lowest BCUT2D eigenvalue weighted by Gasteiger charge is -2.09. The molecule has 0 amide bonds. The highest BCUT2D eigenvalue weighted by molar-refractivity contribution is 5.73. The second kappa shape index (κ2) is 17.4. The Morgan fingerprint density at radius 2 is 1.58 bits per heavy atom. The summed E-state index contributed by atoms with van der Waals surface area (Å²) in [5.74, 6) is -2.63. The molecule has 0 unspecified atom stereocenters. The molecular weight excluding hydrogens is 415 g/mol. The summed E-state index contributed by atoms with van der Waals surface area (Å²) in [5, 5.41) is 18.9. The number of unbranched alkanes of at least 4 members (excludes halogenated alkanes) is 7. The second-order valence-electron chi connectivity index (χ2n) is 7.09. The van der Waals surface area contributed by atoms with Crippen LogP contribution in [0.4, 0.5) is 13.2 Å². The summed E-state index contributed by atoms with van der Waals surface area (Å²) in [5.41, 5.74) is 1.12. The van der Waals surface area contributed by atoms with Crippen molar-refractivity contribution < 1.29 is 37.7 Å². The average Bonchev–Trinajstić information content (AvgIpc) is 2.70. The Kier molecular flexibility index (Phi) is 16.1. The van der Waals surface area contributed by atoms with Gasteiger partial charge in [-0.2, -0.15) is 13.2 Å². The van der Waals surface area contributed by atoms with E-state index in [2.05, 4.69) is 12.2 Å². The van der Waals surface area contributed by atoms with Crippen LogP contribution >= 0.6 is 0 Å². The fourth-order valence-electron chi connectivity index (χ4n) is 2.60. The largest absolute Gasteiger partial charge is 0.494 e. The van der Waals surface area contributed by atoms with Crippen LogP contribution in [0.1, 0.15) is 70.3 Å². The fourth-order valence-corrected chi connectivity index (χ4v) is 2.60. The standard InChI is InChI=1S/C20H33NO3.C2HF3O2/c1-2-3-4-5-6-7-8-9-15-24-19-12-10-11-18(16-19)17-21-14-13-20(22)23;3-2(4,5)1(6)7/h10-12,16,21H,2-9,13-15,17H2,1H3,(H,22,23);(H,6,7). The minimum absolute atomic E-state index is 0.147. The summed E-state index contributed by atoms with van der Waals surface area (Å²) in [6.45, 7) is 4.17. The third-order valence-corrected chi connectivity index (χ3v) is 4.25. The van der Waals surface area contributed by atoms with Crippen LogP contribution in [0, 0.1) is 0 Å². The van der Waals surface area contributed by atoms with E-state index in [1.54, 1.807) is 0 Å². The third-order valence-electron chi connectivity index (χ3n) is 4.25. The molecule has 0 aliphatic rings. The predicted molar refractivity (Wildman–Crippen MR) is 112 cm³/mol. The third kappa shape index (κ3) is 18.2. The molecule has 0 aliphatic carbocycles. The van der Waals surface area contributed by atoms with E-state index in [0.717, 1.165) is 24.3 Å². The lowest BCUT2D eigenvalue weighted by atomic mass is 10.1. The molecule has 0 aromatic heterocycles. The molecule has 1 aromatic rings. The minimum atomic E-state index is -5.08. The van der Waals surface area contributed by atoms with Crippen molar-refractivity contribution in [2.24, 2.45) is 0 Å². The Labute approximate surface area is 181 Å². The first kappa shape index (κ1) is 28.7. The molecule has 3 N–H and O–H groups in total. The van der Waals surface area contributed by atoms with Gasteiger partial charge in [-0.25, -0.2) is 4.79 Å². The Morgan fingerprint density at radius 3 is 2.13 bits per heavy atom. The van der Waals surface area contributed by atoms with E-state index >= 15 is 0 Å². The van der Waals surface area contributed by atoms with Gasteiger partial charge in [0.05, 0.1) is 13.0 Å². The highest BCUT2D eigenvalue weighted by atomic mass is 19.4. The molecule has 0 fully saturated rings. The van der Waals surface area contributed by atoms with Gasteiger partial charge < -0.3 is 20.3 Å². The van der Waals surface area contributed by atoms with Crippen LogP contribution in [0.5, 0.6) is 5.75 Å². The molecule has 0 saturated heterocycles. The molecule has 0 saturated carbocycles. The fraction of sp³-hybridized carbons (Fsp3) is 0.636. The molecule has 0 radical (unpaired) electrons. The van der Waals surface area contributed by atoms with Gasteiger partial charge in [-0.3, -0.25) is 4.79 Å². The van der Waals surface area contributed by atoms with Gasteiger partial charge in [0.15, 0.2) is 0 Å². The molecule has 1 aromatic carbocycles. The van der Waals surface area contributed by atoms with Crippen molar-refractivity contribution in [2.45, 2.75) is 77.4 Å². The number of carbonyl (C=O) groups is 2. The van der Waals surface area contributed by atoms with Crippen LogP contribution in [0.3, 0.4) is 0 Å². The molecule has 0 atom stereocenters. The van der Waals surface area contributed by atoms with Crippen molar-refractivity contribution in [3.63, 3.8) is 0 Å². The number of ether oxygens (including phenoxy) is 1. The topological polar surface area (TPSA) is 95.9 Å². The smallest absolute Gasteiger partial charge is 0.490 e. The van der Waals surface area contributed by atoms with E-state index in [4.69, 9.17) is 19.7 Å². The van der Waals surface area contributed by atoms with Crippen LogP contribution in [0.15, 0.2) is 24.3 Å². The van der Waals surface area contributed by atoms with Crippen molar-refractivity contribution in [2.75, 3.05) is 13.2 Å². The number of carboxylic acids is 2. The normalized spacial score (nSPS) is 10.8. The molecule has 0 bridgehead atoms. The van der Waals surface area contributed by atoms with Crippen molar-refractivity contribution in [3.8, 4) is 5.75 Å². The molecule has 178 valence electrons. The molecule has 9 heteroatoms. The van der Waals surface area contributed by atoms with Gasteiger partial charge in [-0.05, 0) is 24.1 Å². The maximum atomic E-state index is 10.6. The molecule has 31 heavy (non-hydrogen) atoms. The Morgan fingerprint density at radius 1 is 1.00 bits per heavy atom.